The number of anilines is 1. The van der Waals surface area contributed by atoms with Gasteiger partial charge in [0, 0.05) is 76.8 Å². The number of nitrogens with zero attached hydrogens (tertiary/aromatic N) is 3. The number of hydroxylamine groups is 2. The number of epoxide rings is 1. The molecule has 0 radical (unpaired) electrons. The van der Waals surface area contributed by atoms with Crippen molar-refractivity contribution >= 4 is 80.5 Å². The molecule has 1 aromatic rings. The van der Waals surface area contributed by atoms with Crippen LogP contribution in [0.15, 0.2) is 35.9 Å². The van der Waals surface area contributed by atoms with Gasteiger partial charge in [0.25, 0.3) is 11.8 Å². The van der Waals surface area contributed by atoms with Crippen LogP contribution < -0.4 is 15.0 Å². The second kappa shape index (κ2) is 23.7. The molecular formula is C47H65ClN4O15S2. The lowest BCUT2D eigenvalue weighted by molar-refractivity contribution is -0.197. The van der Waals surface area contributed by atoms with E-state index < -0.39 is 88.2 Å². The Morgan fingerprint density at radius 1 is 1.10 bits per heavy atom. The van der Waals surface area contributed by atoms with Gasteiger partial charge in [-0.3, -0.25) is 24.5 Å². The number of carbonyl (C=O) groups excluding carboxylic acids is 7. The second-order valence-corrected chi connectivity index (χ2v) is 21.7. The monoisotopic (exact) mass is 1020 g/mol. The highest BCUT2D eigenvalue weighted by Crippen LogP contribution is 2.49. The van der Waals surface area contributed by atoms with Crippen LogP contribution in [-0.4, -0.2) is 151 Å². The van der Waals surface area contributed by atoms with Gasteiger partial charge in [-0.25, -0.2) is 14.4 Å². The zero-order valence-electron chi connectivity index (χ0n) is 40.8. The van der Waals surface area contributed by atoms with E-state index >= 15 is 0 Å². The van der Waals surface area contributed by atoms with Crippen molar-refractivity contribution in [3.8, 4) is 5.75 Å². The number of aliphatic hydroxyl groups is 1. The number of benzene rings is 1. The van der Waals surface area contributed by atoms with Gasteiger partial charge in [-0.05, 0) is 64.7 Å². The van der Waals surface area contributed by atoms with E-state index in [4.69, 9.17) is 44.9 Å². The number of amides is 5. The van der Waals surface area contributed by atoms with Gasteiger partial charge >= 0.3 is 18.0 Å². The van der Waals surface area contributed by atoms with Crippen molar-refractivity contribution in [1.29, 1.82) is 0 Å². The van der Waals surface area contributed by atoms with Crippen LogP contribution >= 0.6 is 33.2 Å². The molecule has 4 heterocycles. The summed E-state index contributed by atoms with van der Waals surface area (Å²) in [6, 6.07) is 2.44. The lowest BCUT2D eigenvalue weighted by Gasteiger charge is -2.42. The summed E-state index contributed by atoms with van der Waals surface area (Å²) in [5.41, 5.74) is -1.13. The third kappa shape index (κ3) is 13.7. The van der Waals surface area contributed by atoms with E-state index in [1.54, 1.807) is 52.3 Å². The first-order chi connectivity index (χ1) is 32.5. The maximum Gasteiger partial charge on any atom is 0.409 e. The number of halogens is 1. The highest BCUT2D eigenvalue weighted by molar-refractivity contribution is 8.77. The van der Waals surface area contributed by atoms with Crippen LogP contribution in [-0.2, 0) is 63.7 Å². The van der Waals surface area contributed by atoms with Crippen LogP contribution in [0.25, 0.3) is 0 Å². The standard InChI is InChI=1S/C47H65ClN4O15S2/c1-27-13-11-14-34(63-10)47(60)25-33(64-44(59)49-47)28(2)42-46(5,66-42)35(24-39(56)51(7)31-22-30(21-27)23-32(62-9)41(31)48)65-43(58)29(3)50(6)36(53)18-19-45(4,26-61-8)69-68-20-12-15-40(57)67-52-37(54)16-17-38(52)55/h11,13-14,22-23,28-29,33-35,42,60H,12,15-21,24-26H2,1-10H3,(H,49,59)/b14-11+,27-13+/t28-,29+,33?,34-,35+,42+,45?,46+,47+/m1/s1. The first kappa shape index (κ1) is 55.5. The van der Waals surface area contributed by atoms with Crippen LogP contribution in [0.1, 0.15) is 91.5 Å². The van der Waals surface area contributed by atoms with E-state index in [9.17, 15) is 38.7 Å². The zero-order chi connectivity index (χ0) is 51.0. The highest BCUT2D eigenvalue weighted by atomic mass is 35.5. The highest BCUT2D eigenvalue weighted by Gasteiger charge is 2.64. The van der Waals surface area contributed by atoms with E-state index in [1.807, 2.05) is 19.9 Å². The summed E-state index contributed by atoms with van der Waals surface area (Å²) in [6.45, 7) is 9.14. The van der Waals surface area contributed by atoms with Crippen LogP contribution in [0.5, 0.6) is 5.75 Å². The number of imide groups is 1. The van der Waals surface area contributed by atoms with Crippen molar-refractivity contribution in [1.82, 2.24) is 15.3 Å². The molecule has 9 atom stereocenters. The number of methoxy groups -OCH3 is 3. The summed E-state index contributed by atoms with van der Waals surface area (Å²) in [4.78, 5) is 98.6. The molecule has 382 valence electrons. The molecule has 0 aliphatic carbocycles. The fourth-order valence-corrected chi connectivity index (χ4v) is 11.6. The number of esters is 1. The Balaban J connectivity index is 1.30. The number of fused-ring (bicyclic) bond motifs is 5. The van der Waals surface area contributed by atoms with Gasteiger partial charge in [0.1, 0.15) is 40.7 Å². The number of ether oxygens (including phenoxy) is 6. The Labute approximate surface area is 415 Å². The Hall–Kier alpha value is -4.38. The quantitative estimate of drug-likeness (QED) is 0.0648. The predicted octanol–water partition coefficient (Wildman–Crippen LogP) is 5.47. The van der Waals surface area contributed by atoms with Crippen LogP contribution in [0.2, 0.25) is 5.02 Å². The molecule has 3 saturated heterocycles. The summed E-state index contributed by atoms with van der Waals surface area (Å²) < 4.78 is 34.4. The van der Waals surface area contributed by atoms with E-state index in [-0.39, 0.29) is 49.5 Å². The number of alkyl carbamates (subject to hydrolysis) is 1. The van der Waals surface area contributed by atoms with Gasteiger partial charge < -0.3 is 48.2 Å². The Kier molecular flexibility index (Phi) is 19.1. The third-order valence-electron chi connectivity index (χ3n) is 12.9. The second-order valence-electron chi connectivity index (χ2n) is 18.3. The molecule has 0 aromatic heterocycles. The largest absolute Gasteiger partial charge is 0.495 e. The maximum atomic E-state index is 14.4. The zero-order valence-corrected chi connectivity index (χ0v) is 43.2. The number of allylic oxidation sites excluding steroid dienone is 3. The van der Waals surface area contributed by atoms with Crippen LogP contribution in [0, 0.1) is 5.92 Å². The van der Waals surface area contributed by atoms with Gasteiger partial charge in [-0.2, -0.15) is 0 Å². The molecule has 69 heavy (non-hydrogen) atoms. The summed E-state index contributed by atoms with van der Waals surface area (Å²) in [5.74, 6) is -3.10. The van der Waals surface area contributed by atoms with Crippen LogP contribution in [0.4, 0.5) is 10.5 Å². The SMILES string of the molecule is COCC(C)(CCC(=O)N(C)[C@@H](C)C(=O)O[C@H]1CC(=O)N(C)c2cc(cc(OC)c2Cl)C/C(C)=C/C=C/[C@@H](OC)[C@@]2(O)CC(OC(=O)N2)[C@@H](C)[C@@H]2O[C@@]12C)SSCCCC(=O)ON1C(=O)CCC1=O. The molecule has 5 amide bonds. The topological polar surface area (TPSA) is 229 Å². The number of hydrogen-bond donors (Lipinski definition) is 2. The molecular weight excluding hydrogens is 960 g/mol. The molecule has 1 aromatic carbocycles. The molecule has 22 heteroatoms. The lowest BCUT2D eigenvalue weighted by atomic mass is 9.83. The Morgan fingerprint density at radius 3 is 2.45 bits per heavy atom. The summed E-state index contributed by atoms with van der Waals surface area (Å²) >= 11 is 6.82. The van der Waals surface area contributed by atoms with Crippen molar-refractivity contribution in [2.45, 2.75) is 139 Å². The molecule has 0 saturated carbocycles. The molecule has 5 rings (SSSR count). The van der Waals surface area contributed by atoms with Crippen molar-refractivity contribution in [2.75, 3.05) is 52.7 Å². The first-order valence-electron chi connectivity index (χ1n) is 22.7. The number of hydrogen-bond acceptors (Lipinski definition) is 17. The molecule has 2 unspecified atom stereocenters. The lowest BCUT2D eigenvalue weighted by Crippen LogP contribution is -2.63. The molecule has 19 nitrogen and oxygen atoms in total. The fourth-order valence-electron chi connectivity index (χ4n) is 8.47. The minimum absolute atomic E-state index is 0.0000187. The minimum Gasteiger partial charge on any atom is -0.495 e. The maximum absolute atomic E-state index is 14.4. The molecule has 4 bridgehead atoms. The Bertz CT molecular complexity index is 2170. The van der Waals surface area contributed by atoms with Gasteiger partial charge in [0.15, 0.2) is 5.72 Å². The normalized spacial score (nSPS) is 28.8. The number of likely N-dealkylation sites (N-methyl/N-ethyl adjacent to an activating group) is 1. The van der Waals surface area contributed by atoms with Crippen molar-refractivity contribution in [2.24, 2.45) is 5.92 Å². The fraction of sp³-hybridized carbons (Fsp3) is 0.638. The smallest absolute Gasteiger partial charge is 0.409 e. The first-order valence-corrected chi connectivity index (χ1v) is 25.4. The predicted molar refractivity (Wildman–Crippen MR) is 257 cm³/mol. The van der Waals surface area contributed by atoms with Gasteiger partial charge in [0.05, 0.1) is 31.9 Å². The average Bonchev–Trinajstić information content (AvgIpc) is 3.91. The summed E-state index contributed by atoms with van der Waals surface area (Å²) in [6.07, 6.45) is 1.33. The van der Waals surface area contributed by atoms with Crippen molar-refractivity contribution in [3.63, 3.8) is 0 Å². The molecule has 3 fully saturated rings. The molecule has 2 N–H and O–H groups in total. The van der Waals surface area contributed by atoms with E-state index in [1.165, 1.54) is 59.6 Å². The summed E-state index contributed by atoms with van der Waals surface area (Å²) in [5, 5.41) is 15.1. The van der Waals surface area contributed by atoms with Crippen molar-refractivity contribution in [3.05, 3.63) is 46.5 Å². The van der Waals surface area contributed by atoms with Gasteiger partial charge in [-0.15, -0.1) is 5.06 Å². The molecule has 0 spiro atoms. The summed E-state index contributed by atoms with van der Waals surface area (Å²) in [7, 11) is 10.5. The average molecular weight is 1030 g/mol. The number of carbonyl (C=O) groups is 7. The van der Waals surface area contributed by atoms with Gasteiger partial charge in [0.2, 0.25) is 11.8 Å². The van der Waals surface area contributed by atoms with Crippen LogP contribution in [0.3, 0.4) is 0 Å². The Morgan fingerprint density at radius 2 is 1.80 bits per heavy atom. The molecule has 4 aliphatic heterocycles. The number of rotatable bonds is 17. The van der Waals surface area contributed by atoms with Crippen molar-refractivity contribution < 1.29 is 71.9 Å². The van der Waals surface area contributed by atoms with Gasteiger partial charge in [-0.1, -0.05) is 63.9 Å². The number of nitrogens with one attached hydrogen (secondary N) is 1. The van der Waals surface area contributed by atoms with E-state index in [0.717, 1.165) is 11.1 Å². The third-order valence-corrected chi connectivity index (χ3v) is 16.6. The minimum atomic E-state index is -1.87. The van der Waals surface area contributed by atoms with E-state index in [0.29, 0.717) is 48.1 Å². The molecule has 4 aliphatic rings. The van der Waals surface area contributed by atoms with E-state index in [2.05, 4.69) is 5.32 Å².